The summed E-state index contributed by atoms with van der Waals surface area (Å²) in [5.74, 6) is 0.529. The molecule has 0 spiro atoms. The highest BCUT2D eigenvalue weighted by Gasteiger charge is 2.25. The molecule has 0 bridgehead atoms. The highest BCUT2D eigenvalue weighted by Crippen LogP contribution is 2.24. The van der Waals surface area contributed by atoms with Gasteiger partial charge in [0.2, 0.25) is 5.91 Å². The molecule has 2 aromatic carbocycles. The Labute approximate surface area is 150 Å². The van der Waals surface area contributed by atoms with Crippen LogP contribution >= 0.6 is 0 Å². The maximum absolute atomic E-state index is 11.2. The van der Waals surface area contributed by atoms with Gasteiger partial charge in [0.05, 0.1) is 0 Å². The van der Waals surface area contributed by atoms with Crippen molar-refractivity contribution in [2.24, 2.45) is 5.92 Å². The van der Waals surface area contributed by atoms with Crippen LogP contribution in [0.4, 0.5) is 11.4 Å². The highest BCUT2D eigenvalue weighted by molar-refractivity contribution is 5.89. The SMILES string of the molecule is CC(=O)Nc1cccc(N[C@@H]2CCN(Cc3ccccc3)C[C@@H]2C)c1. The number of nitrogens with one attached hydrogen (secondary N) is 2. The summed E-state index contributed by atoms with van der Waals surface area (Å²) in [4.78, 5) is 13.7. The molecule has 1 aliphatic rings. The lowest BCUT2D eigenvalue weighted by Gasteiger charge is -2.38. The first-order valence-electron chi connectivity index (χ1n) is 9.00. The van der Waals surface area contributed by atoms with Crippen LogP contribution in [0.25, 0.3) is 0 Å². The van der Waals surface area contributed by atoms with E-state index in [-0.39, 0.29) is 5.91 Å². The summed E-state index contributed by atoms with van der Waals surface area (Å²) >= 11 is 0. The molecule has 2 aromatic rings. The van der Waals surface area contributed by atoms with Gasteiger partial charge in [-0.05, 0) is 36.1 Å². The van der Waals surface area contributed by atoms with Gasteiger partial charge in [0, 0.05) is 44.0 Å². The van der Waals surface area contributed by atoms with Crippen LogP contribution in [0.2, 0.25) is 0 Å². The first-order valence-corrected chi connectivity index (χ1v) is 9.00. The first-order chi connectivity index (χ1) is 12.1. The van der Waals surface area contributed by atoms with Gasteiger partial charge in [-0.2, -0.15) is 0 Å². The van der Waals surface area contributed by atoms with E-state index in [9.17, 15) is 4.79 Å². The van der Waals surface area contributed by atoms with Crippen molar-refractivity contribution in [3.05, 3.63) is 60.2 Å². The summed E-state index contributed by atoms with van der Waals surface area (Å²) in [5.41, 5.74) is 3.29. The average Bonchev–Trinajstić information content (AvgIpc) is 2.58. The Morgan fingerprint density at radius 2 is 1.88 bits per heavy atom. The monoisotopic (exact) mass is 337 g/mol. The molecule has 0 aliphatic carbocycles. The number of rotatable bonds is 5. The van der Waals surface area contributed by atoms with E-state index in [0.29, 0.717) is 12.0 Å². The van der Waals surface area contributed by atoms with Crippen molar-refractivity contribution >= 4 is 17.3 Å². The van der Waals surface area contributed by atoms with E-state index in [4.69, 9.17) is 0 Å². The summed E-state index contributed by atoms with van der Waals surface area (Å²) < 4.78 is 0. The number of piperidine rings is 1. The van der Waals surface area contributed by atoms with E-state index < -0.39 is 0 Å². The zero-order valence-corrected chi connectivity index (χ0v) is 15.0. The predicted molar refractivity (Wildman–Crippen MR) is 104 cm³/mol. The molecule has 4 heteroatoms. The highest BCUT2D eigenvalue weighted by atomic mass is 16.1. The van der Waals surface area contributed by atoms with E-state index in [0.717, 1.165) is 37.4 Å². The van der Waals surface area contributed by atoms with E-state index >= 15 is 0 Å². The van der Waals surface area contributed by atoms with Crippen LogP contribution in [0.5, 0.6) is 0 Å². The van der Waals surface area contributed by atoms with E-state index in [1.807, 2.05) is 18.2 Å². The number of likely N-dealkylation sites (tertiary alicyclic amines) is 1. The van der Waals surface area contributed by atoms with Crippen LogP contribution in [0.3, 0.4) is 0 Å². The smallest absolute Gasteiger partial charge is 0.221 e. The molecule has 1 fully saturated rings. The third kappa shape index (κ3) is 5.07. The molecular weight excluding hydrogens is 310 g/mol. The van der Waals surface area contributed by atoms with Gasteiger partial charge < -0.3 is 10.6 Å². The number of benzene rings is 2. The minimum Gasteiger partial charge on any atom is -0.382 e. The number of amides is 1. The molecule has 4 nitrogen and oxygen atoms in total. The molecule has 1 heterocycles. The second-order valence-electron chi connectivity index (χ2n) is 7.00. The van der Waals surface area contributed by atoms with Gasteiger partial charge in [-0.25, -0.2) is 0 Å². The number of nitrogens with zero attached hydrogens (tertiary/aromatic N) is 1. The average molecular weight is 337 g/mol. The lowest BCUT2D eigenvalue weighted by Crippen LogP contribution is -2.44. The summed E-state index contributed by atoms with van der Waals surface area (Å²) in [6.45, 7) is 7.06. The van der Waals surface area contributed by atoms with Gasteiger partial charge in [0.1, 0.15) is 0 Å². The molecule has 132 valence electrons. The number of hydrogen-bond donors (Lipinski definition) is 2. The summed E-state index contributed by atoms with van der Waals surface area (Å²) in [7, 11) is 0. The third-order valence-corrected chi connectivity index (χ3v) is 4.77. The Hall–Kier alpha value is -2.33. The molecular formula is C21H27N3O. The zero-order chi connectivity index (χ0) is 17.6. The molecule has 1 amide bonds. The molecule has 0 saturated carbocycles. The van der Waals surface area contributed by atoms with E-state index in [1.54, 1.807) is 0 Å². The Kier molecular flexibility index (Phi) is 5.71. The van der Waals surface area contributed by atoms with Crippen LogP contribution in [-0.2, 0) is 11.3 Å². The quantitative estimate of drug-likeness (QED) is 0.868. The number of carbonyl (C=O) groups excluding carboxylic acids is 1. The van der Waals surface area contributed by atoms with Gasteiger partial charge >= 0.3 is 0 Å². The lowest BCUT2D eigenvalue weighted by atomic mass is 9.93. The standard InChI is InChI=1S/C21H27N3O/c1-16-14-24(15-18-7-4-3-5-8-18)12-11-21(16)23-20-10-6-9-19(13-20)22-17(2)25/h3-10,13,16,21,23H,11-12,14-15H2,1-2H3,(H,22,25)/t16-,21+/m0/s1. The Bertz CT molecular complexity index is 701. The Morgan fingerprint density at radius 1 is 1.12 bits per heavy atom. The second-order valence-corrected chi connectivity index (χ2v) is 7.00. The van der Waals surface area contributed by atoms with Gasteiger partial charge in [-0.1, -0.05) is 43.3 Å². The normalized spacial score (nSPS) is 20.9. The second kappa shape index (κ2) is 8.17. The Morgan fingerprint density at radius 3 is 2.60 bits per heavy atom. The summed E-state index contributed by atoms with van der Waals surface area (Å²) in [6.07, 6.45) is 1.12. The van der Waals surface area contributed by atoms with Crippen LogP contribution in [0, 0.1) is 5.92 Å². The molecule has 1 saturated heterocycles. The van der Waals surface area contributed by atoms with Crippen molar-refractivity contribution in [3.8, 4) is 0 Å². The fourth-order valence-corrected chi connectivity index (χ4v) is 3.54. The van der Waals surface area contributed by atoms with Crippen molar-refractivity contribution in [3.63, 3.8) is 0 Å². The fraction of sp³-hybridized carbons (Fsp3) is 0.381. The lowest BCUT2D eigenvalue weighted by molar-refractivity contribution is -0.114. The maximum atomic E-state index is 11.2. The van der Waals surface area contributed by atoms with Gasteiger partial charge in [0.25, 0.3) is 0 Å². The van der Waals surface area contributed by atoms with Gasteiger partial charge in [0.15, 0.2) is 0 Å². The molecule has 2 atom stereocenters. The minimum absolute atomic E-state index is 0.0419. The maximum Gasteiger partial charge on any atom is 0.221 e. The molecule has 3 rings (SSSR count). The molecule has 25 heavy (non-hydrogen) atoms. The Balaban J connectivity index is 1.56. The van der Waals surface area contributed by atoms with Gasteiger partial charge in [-0.3, -0.25) is 9.69 Å². The van der Waals surface area contributed by atoms with Crippen LogP contribution in [0.1, 0.15) is 25.8 Å². The molecule has 0 unspecified atom stereocenters. The van der Waals surface area contributed by atoms with Crippen molar-refractivity contribution < 1.29 is 4.79 Å². The topological polar surface area (TPSA) is 44.4 Å². The minimum atomic E-state index is -0.0419. The van der Waals surface area contributed by atoms with Crippen LogP contribution < -0.4 is 10.6 Å². The summed E-state index contributed by atoms with van der Waals surface area (Å²) in [5, 5.41) is 6.49. The third-order valence-electron chi connectivity index (χ3n) is 4.77. The number of hydrogen-bond acceptors (Lipinski definition) is 3. The first kappa shape index (κ1) is 17.5. The molecule has 0 radical (unpaired) electrons. The van der Waals surface area contributed by atoms with Crippen LogP contribution in [0.15, 0.2) is 54.6 Å². The molecule has 0 aromatic heterocycles. The van der Waals surface area contributed by atoms with Crippen molar-refractivity contribution in [1.29, 1.82) is 0 Å². The van der Waals surface area contributed by atoms with Crippen molar-refractivity contribution in [1.82, 2.24) is 4.90 Å². The van der Waals surface area contributed by atoms with Crippen LogP contribution in [-0.4, -0.2) is 29.9 Å². The van der Waals surface area contributed by atoms with Crippen molar-refractivity contribution in [2.45, 2.75) is 32.9 Å². The largest absolute Gasteiger partial charge is 0.382 e. The fourth-order valence-electron chi connectivity index (χ4n) is 3.54. The molecule has 1 aliphatic heterocycles. The summed E-state index contributed by atoms with van der Waals surface area (Å²) in [6, 6.07) is 19.1. The number of anilines is 2. The predicted octanol–water partition coefficient (Wildman–Crippen LogP) is 3.97. The van der Waals surface area contributed by atoms with Crippen molar-refractivity contribution in [2.75, 3.05) is 23.7 Å². The number of carbonyl (C=O) groups is 1. The van der Waals surface area contributed by atoms with E-state index in [2.05, 4.69) is 58.9 Å². The van der Waals surface area contributed by atoms with Gasteiger partial charge in [-0.15, -0.1) is 0 Å². The molecule has 2 N–H and O–H groups in total. The van der Waals surface area contributed by atoms with E-state index in [1.165, 1.54) is 12.5 Å². The zero-order valence-electron chi connectivity index (χ0n) is 15.0.